The summed E-state index contributed by atoms with van der Waals surface area (Å²) in [5, 5.41) is 9.47. The van der Waals surface area contributed by atoms with Crippen molar-refractivity contribution in [2.75, 3.05) is 0 Å². The highest BCUT2D eigenvalue weighted by atomic mass is 15.1. The van der Waals surface area contributed by atoms with Gasteiger partial charge in [-0.2, -0.15) is 0 Å². The largest absolute Gasteiger partial charge is 0.308 e. The second kappa shape index (κ2) is 12.6. The molecular formula is C51H32N4. The lowest BCUT2D eigenvalue weighted by atomic mass is 9.96. The Kier molecular flexibility index (Phi) is 7.14. The van der Waals surface area contributed by atoms with Crippen LogP contribution in [0, 0.1) is 0 Å². The van der Waals surface area contributed by atoms with Crippen LogP contribution in [0.25, 0.3) is 105 Å². The number of rotatable bonds is 5. The first-order valence-electron chi connectivity index (χ1n) is 18.6. The van der Waals surface area contributed by atoms with Crippen LogP contribution >= 0.6 is 0 Å². The van der Waals surface area contributed by atoms with E-state index in [9.17, 15) is 0 Å². The van der Waals surface area contributed by atoms with Crippen molar-refractivity contribution in [1.82, 2.24) is 19.5 Å². The van der Waals surface area contributed by atoms with Crippen LogP contribution in [-0.2, 0) is 0 Å². The summed E-state index contributed by atoms with van der Waals surface area (Å²) >= 11 is 0. The second-order valence-electron chi connectivity index (χ2n) is 14.1. The maximum absolute atomic E-state index is 5.31. The lowest BCUT2D eigenvalue weighted by Crippen LogP contribution is -2.04. The van der Waals surface area contributed by atoms with Crippen molar-refractivity contribution in [3.8, 4) is 51.0 Å². The molecule has 0 unspecified atom stereocenters. The number of hydrogen-bond acceptors (Lipinski definition) is 3. The normalized spacial score (nSPS) is 11.6. The molecular weight excluding hydrogens is 669 g/mol. The third kappa shape index (κ3) is 5.26. The molecule has 2 heterocycles. The van der Waals surface area contributed by atoms with Gasteiger partial charge in [0.1, 0.15) is 0 Å². The van der Waals surface area contributed by atoms with Crippen LogP contribution in [0.15, 0.2) is 194 Å². The average Bonchev–Trinajstić information content (AvgIpc) is 3.60. The molecule has 0 saturated carbocycles. The van der Waals surface area contributed by atoms with Crippen LogP contribution in [0.4, 0.5) is 0 Å². The molecule has 4 nitrogen and oxygen atoms in total. The summed E-state index contributed by atoms with van der Waals surface area (Å²) in [6.45, 7) is 0. The Labute approximate surface area is 317 Å². The van der Waals surface area contributed by atoms with Gasteiger partial charge in [-0.25, -0.2) is 15.0 Å². The van der Waals surface area contributed by atoms with Crippen molar-refractivity contribution in [1.29, 1.82) is 0 Å². The molecule has 0 aliphatic rings. The third-order valence-electron chi connectivity index (χ3n) is 10.8. The average molecular weight is 701 g/mol. The van der Waals surface area contributed by atoms with Gasteiger partial charge in [-0.1, -0.05) is 158 Å². The van der Waals surface area contributed by atoms with Gasteiger partial charge in [0.2, 0.25) is 0 Å². The monoisotopic (exact) mass is 700 g/mol. The number of hydrogen-bond donors (Lipinski definition) is 0. The van der Waals surface area contributed by atoms with Gasteiger partial charge in [-0.05, 0) is 79.8 Å². The van der Waals surface area contributed by atoms with Crippen LogP contribution < -0.4 is 0 Å². The van der Waals surface area contributed by atoms with E-state index in [2.05, 4.69) is 180 Å². The Balaban J connectivity index is 1.12. The predicted molar refractivity (Wildman–Crippen MR) is 228 cm³/mol. The van der Waals surface area contributed by atoms with E-state index in [1.54, 1.807) is 0 Å². The van der Waals surface area contributed by atoms with E-state index >= 15 is 0 Å². The second-order valence-corrected chi connectivity index (χ2v) is 14.1. The van der Waals surface area contributed by atoms with Crippen molar-refractivity contribution in [2.45, 2.75) is 0 Å². The predicted octanol–water partition coefficient (Wildman–Crippen LogP) is 13.1. The standard InChI is InChI=1S/C51H32N4/c1-2-14-34(15-3-1)49-52-50(40-28-26-37-29-39(27-25-38(37)30-40)42-22-12-18-33-13-6-7-19-41(33)42)54-51(53-49)45-31-35-16-4-5-17-36(35)32-48(45)55-46-23-10-8-20-43(46)44-21-9-11-24-47(44)55/h1-32H. The quantitative estimate of drug-likeness (QED) is 0.179. The Morgan fingerprint density at radius 1 is 0.291 bits per heavy atom. The fourth-order valence-corrected chi connectivity index (χ4v) is 8.15. The van der Waals surface area contributed by atoms with Crippen LogP contribution in [0.2, 0.25) is 0 Å². The van der Waals surface area contributed by atoms with Crippen molar-refractivity contribution in [2.24, 2.45) is 0 Å². The van der Waals surface area contributed by atoms with Gasteiger partial charge in [0, 0.05) is 27.5 Å². The number of aromatic nitrogens is 4. The molecule has 0 fully saturated rings. The van der Waals surface area contributed by atoms with Gasteiger partial charge in [0.15, 0.2) is 17.5 Å². The highest BCUT2D eigenvalue weighted by Gasteiger charge is 2.20. The summed E-state index contributed by atoms with van der Waals surface area (Å²) in [6, 6.07) is 68.8. The van der Waals surface area contributed by atoms with Crippen molar-refractivity contribution < 1.29 is 0 Å². The summed E-state index contributed by atoms with van der Waals surface area (Å²) < 4.78 is 2.36. The number of benzene rings is 9. The smallest absolute Gasteiger partial charge is 0.166 e. The minimum Gasteiger partial charge on any atom is -0.308 e. The summed E-state index contributed by atoms with van der Waals surface area (Å²) in [5.41, 5.74) is 8.52. The molecule has 2 aromatic heterocycles. The zero-order chi connectivity index (χ0) is 36.3. The lowest BCUT2D eigenvalue weighted by molar-refractivity contribution is 1.07. The molecule has 0 radical (unpaired) electrons. The first-order valence-corrected chi connectivity index (χ1v) is 18.6. The third-order valence-corrected chi connectivity index (χ3v) is 10.8. The SMILES string of the molecule is c1ccc(-c2nc(-c3ccc4cc(-c5cccc6ccccc56)ccc4c3)nc(-c3cc4ccccc4cc3-n3c4ccccc4c4ccccc43)n2)cc1. The molecule has 0 aliphatic carbocycles. The summed E-state index contributed by atoms with van der Waals surface area (Å²) in [5.74, 6) is 1.89. The maximum atomic E-state index is 5.31. The van der Waals surface area contributed by atoms with Crippen LogP contribution in [0.3, 0.4) is 0 Å². The molecule has 0 atom stereocenters. The zero-order valence-corrected chi connectivity index (χ0v) is 29.8. The van der Waals surface area contributed by atoms with Crippen molar-refractivity contribution >= 4 is 54.1 Å². The molecule has 55 heavy (non-hydrogen) atoms. The Hall–Kier alpha value is -7.43. The molecule has 256 valence electrons. The molecule has 9 aromatic carbocycles. The van der Waals surface area contributed by atoms with E-state index in [0.717, 1.165) is 55.0 Å². The van der Waals surface area contributed by atoms with Crippen LogP contribution in [-0.4, -0.2) is 19.5 Å². The molecule has 0 amide bonds. The maximum Gasteiger partial charge on any atom is 0.166 e. The van der Waals surface area contributed by atoms with Crippen LogP contribution in [0.1, 0.15) is 0 Å². The van der Waals surface area contributed by atoms with Gasteiger partial charge < -0.3 is 4.57 Å². The van der Waals surface area contributed by atoms with Crippen LogP contribution in [0.5, 0.6) is 0 Å². The van der Waals surface area contributed by atoms with E-state index < -0.39 is 0 Å². The minimum atomic E-state index is 0.623. The van der Waals surface area contributed by atoms with E-state index in [-0.39, 0.29) is 0 Å². The molecule has 11 aromatic rings. The first kappa shape index (κ1) is 31.1. The molecule has 0 spiro atoms. The summed E-state index contributed by atoms with van der Waals surface area (Å²) in [7, 11) is 0. The summed E-state index contributed by atoms with van der Waals surface area (Å²) in [4.78, 5) is 15.7. The highest BCUT2D eigenvalue weighted by Crippen LogP contribution is 2.39. The topological polar surface area (TPSA) is 43.6 Å². The Morgan fingerprint density at radius 2 is 0.800 bits per heavy atom. The Morgan fingerprint density at radius 3 is 1.53 bits per heavy atom. The molecule has 0 saturated heterocycles. The van der Waals surface area contributed by atoms with E-state index in [0.29, 0.717) is 17.5 Å². The fourth-order valence-electron chi connectivity index (χ4n) is 8.15. The van der Waals surface area contributed by atoms with E-state index in [4.69, 9.17) is 15.0 Å². The van der Waals surface area contributed by atoms with Gasteiger partial charge in [-0.3, -0.25) is 0 Å². The van der Waals surface area contributed by atoms with Gasteiger partial charge >= 0.3 is 0 Å². The fraction of sp³-hybridized carbons (Fsp3) is 0. The van der Waals surface area contributed by atoms with E-state index in [1.165, 1.54) is 32.7 Å². The van der Waals surface area contributed by atoms with Gasteiger partial charge in [-0.15, -0.1) is 0 Å². The lowest BCUT2D eigenvalue weighted by Gasteiger charge is -2.16. The molecule has 0 aliphatic heterocycles. The molecule has 4 heteroatoms. The van der Waals surface area contributed by atoms with Crippen molar-refractivity contribution in [3.63, 3.8) is 0 Å². The van der Waals surface area contributed by atoms with E-state index in [1.807, 2.05) is 18.2 Å². The Bertz CT molecular complexity index is 3210. The minimum absolute atomic E-state index is 0.623. The highest BCUT2D eigenvalue weighted by molar-refractivity contribution is 6.10. The molecule has 0 bridgehead atoms. The van der Waals surface area contributed by atoms with Gasteiger partial charge in [0.05, 0.1) is 16.7 Å². The molecule has 0 N–H and O–H groups in total. The number of nitrogens with zero attached hydrogens (tertiary/aromatic N) is 4. The zero-order valence-electron chi connectivity index (χ0n) is 29.8. The van der Waals surface area contributed by atoms with Gasteiger partial charge in [0.25, 0.3) is 0 Å². The first-order chi connectivity index (χ1) is 27.2. The van der Waals surface area contributed by atoms with Crippen molar-refractivity contribution in [3.05, 3.63) is 194 Å². The number of fused-ring (bicyclic) bond motifs is 6. The summed E-state index contributed by atoms with van der Waals surface area (Å²) in [6.07, 6.45) is 0. The molecule has 11 rings (SSSR count). The number of para-hydroxylation sites is 2.